The first kappa shape index (κ1) is 11.6. The van der Waals surface area contributed by atoms with Crippen LogP contribution in [0.4, 0.5) is 0 Å². The van der Waals surface area contributed by atoms with Crippen LogP contribution in [0.1, 0.15) is 26.3 Å². The lowest BCUT2D eigenvalue weighted by Crippen LogP contribution is -2.10. The van der Waals surface area contributed by atoms with Gasteiger partial charge in [-0.15, -0.1) is 0 Å². The van der Waals surface area contributed by atoms with Crippen molar-refractivity contribution in [3.63, 3.8) is 0 Å². The third kappa shape index (κ3) is 2.76. The molecule has 1 aromatic rings. The molecular weight excluding hydrogens is 216 g/mol. The molecule has 0 aliphatic carbocycles. The SMILES string of the molecule is C=S(=O)(Cl)c1ccc(C(C)(C)C)cc1. The zero-order chi connectivity index (χ0) is 11.0. The lowest BCUT2D eigenvalue weighted by molar-refractivity contribution is 0.589. The van der Waals surface area contributed by atoms with Gasteiger partial charge < -0.3 is 0 Å². The van der Waals surface area contributed by atoms with E-state index in [4.69, 9.17) is 10.7 Å². The fourth-order valence-corrected chi connectivity index (χ4v) is 2.01. The maximum atomic E-state index is 11.4. The van der Waals surface area contributed by atoms with Crippen LogP contribution in [-0.4, -0.2) is 10.1 Å². The molecule has 0 saturated heterocycles. The van der Waals surface area contributed by atoms with Crippen molar-refractivity contribution in [2.45, 2.75) is 31.1 Å². The molecule has 1 unspecified atom stereocenters. The minimum absolute atomic E-state index is 0.104. The summed E-state index contributed by atoms with van der Waals surface area (Å²) in [4.78, 5) is 0.590. The van der Waals surface area contributed by atoms with Gasteiger partial charge in [-0.3, -0.25) is 0 Å². The molecule has 14 heavy (non-hydrogen) atoms. The molecule has 0 fully saturated rings. The second kappa shape index (κ2) is 3.59. The van der Waals surface area contributed by atoms with Gasteiger partial charge in [-0.2, -0.15) is 0 Å². The van der Waals surface area contributed by atoms with E-state index in [9.17, 15) is 4.21 Å². The van der Waals surface area contributed by atoms with E-state index in [1.165, 1.54) is 5.56 Å². The predicted molar refractivity (Wildman–Crippen MR) is 64.5 cm³/mol. The Bertz CT molecular complexity index is 410. The summed E-state index contributed by atoms with van der Waals surface area (Å²) in [5.74, 6) is 3.43. The molecule has 0 spiro atoms. The molecule has 0 radical (unpaired) electrons. The van der Waals surface area contributed by atoms with Crippen molar-refractivity contribution in [3.05, 3.63) is 29.8 Å². The third-order valence-corrected chi connectivity index (χ3v) is 3.58. The number of hydrogen-bond donors (Lipinski definition) is 0. The highest BCUT2D eigenvalue weighted by molar-refractivity contribution is 8.21. The lowest BCUT2D eigenvalue weighted by Gasteiger charge is -2.19. The average Bonchev–Trinajstić information content (AvgIpc) is 2.01. The highest BCUT2D eigenvalue weighted by Gasteiger charge is 2.13. The Morgan fingerprint density at radius 1 is 1.21 bits per heavy atom. The molecule has 0 aromatic heterocycles. The first-order chi connectivity index (χ1) is 6.21. The zero-order valence-corrected chi connectivity index (χ0v) is 10.3. The van der Waals surface area contributed by atoms with E-state index in [2.05, 4.69) is 26.6 Å². The first-order valence-electron chi connectivity index (χ1n) is 4.39. The summed E-state index contributed by atoms with van der Waals surface area (Å²) in [6.45, 7) is 6.39. The molecule has 0 N–H and O–H groups in total. The second-order valence-corrected chi connectivity index (χ2v) is 7.53. The number of rotatable bonds is 1. The quantitative estimate of drug-likeness (QED) is 0.535. The summed E-state index contributed by atoms with van der Waals surface area (Å²) in [6, 6.07) is 7.46. The van der Waals surface area contributed by atoms with Crippen molar-refractivity contribution in [2.75, 3.05) is 0 Å². The van der Waals surface area contributed by atoms with Crippen LogP contribution in [0.3, 0.4) is 0 Å². The van der Waals surface area contributed by atoms with E-state index in [0.717, 1.165) is 0 Å². The fourth-order valence-electron chi connectivity index (χ4n) is 1.16. The maximum Gasteiger partial charge on any atom is 0.0759 e. The summed E-state index contributed by atoms with van der Waals surface area (Å²) in [6.07, 6.45) is 0. The molecule has 3 heteroatoms. The van der Waals surface area contributed by atoms with Gasteiger partial charge in [-0.05, 0) is 39.7 Å². The van der Waals surface area contributed by atoms with E-state index in [-0.39, 0.29) is 5.41 Å². The molecule has 1 atom stereocenters. The largest absolute Gasteiger partial charge is 0.248 e. The van der Waals surface area contributed by atoms with Gasteiger partial charge in [0.2, 0.25) is 0 Å². The minimum Gasteiger partial charge on any atom is -0.248 e. The lowest BCUT2D eigenvalue weighted by atomic mass is 9.87. The molecule has 0 aliphatic rings. The van der Waals surface area contributed by atoms with Gasteiger partial charge in [0.05, 0.1) is 8.74 Å². The Hall–Kier alpha value is -0.470. The van der Waals surface area contributed by atoms with Crippen LogP contribution < -0.4 is 0 Å². The van der Waals surface area contributed by atoms with Crippen molar-refractivity contribution in [1.29, 1.82) is 0 Å². The highest BCUT2D eigenvalue weighted by atomic mass is 35.7. The van der Waals surface area contributed by atoms with Gasteiger partial charge in [-0.1, -0.05) is 32.9 Å². The monoisotopic (exact) mass is 230 g/mol. The Balaban J connectivity index is 3.14. The van der Waals surface area contributed by atoms with Gasteiger partial charge in [0.25, 0.3) is 0 Å². The van der Waals surface area contributed by atoms with Crippen molar-refractivity contribution in [1.82, 2.24) is 0 Å². The Kier molecular flexibility index (Phi) is 2.98. The number of hydrogen-bond acceptors (Lipinski definition) is 1. The third-order valence-electron chi connectivity index (χ3n) is 2.07. The van der Waals surface area contributed by atoms with Crippen LogP contribution in [0.15, 0.2) is 29.2 Å². The van der Waals surface area contributed by atoms with E-state index in [0.29, 0.717) is 4.90 Å². The molecule has 1 aromatic carbocycles. The Morgan fingerprint density at radius 2 is 1.64 bits per heavy atom. The zero-order valence-electron chi connectivity index (χ0n) is 8.71. The van der Waals surface area contributed by atoms with Crippen molar-refractivity contribution < 1.29 is 4.21 Å². The number of halogens is 1. The van der Waals surface area contributed by atoms with E-state index in [1.807, 2.05) is 12.1 Å². The summed E-state index contributed by atoms with van der Waals surface area (Å²) in [5.41, 5.74) is 1.30. The van der Waals surface area contributed by atoms with Crippen molar-refractivity contribution >= 4 is 25.3 Å². The molecule has 78 valence electrons. The Morgan fingerprint density at radius 3 is 1.93 bits per heavy atom. The van der Waals surface area contributed by atoms with Gasteiger partial charge in [0, 0.05) is 4.90 Å². The normalized spacial score (nSPS) is 16.3. The van der Waals surface area contributed by atoms with Gasteiger partial charge in [0.15, 0.2) is 0 Å². The van der Waals surface area contributed by atoms with Crippen LogP contribution in [0.5, 0.6) is 0 Å². The summed E-state index contributed by atoms with van der Waals surface area (Å²) in [5, 5.41) is 0. The average molecular weight is 231 g/mol. The fraction of sp³-hybridized carbons (Fsp3) is 0.364. The summed E-state index contributed by atoms with van der Waals surface area (Å²) in [7, 11) is 3.05. The van der Waals surface area contributed by atoms with E-state index < -0.39 is 8.74 Å². The molecule has 0 heterocycles. The van der Waals surface area contributed by atoms with Crippen LogP contribution in [0.25, 0.3) is 0 Å². The molecule has 0 bridgehead atoms. The van der Waals surface area contributed by atoms with Gasteiger partial charge in [0.1, 0.15) is 0 Å². The minimum atomic E-state index is -2.59. The topological polar surface area (TPSA) is 17.1 Å². The molecule has 0 aliphatic heterocycles. The smallest absolute Gasteiger partial charge is 0.0759 e. The standard InChI is InChI=1S/C11H15ClOS/c1-11(2,3)9-5-7-10(8-6-9)14(4,12)13/h5-8H,4H2,1-3H3. The maximum absolute atomic E-state index is 11.4. The van der Waals surface area contributed by atoms with Crippen LogP contribution in [-0.2, 0) is 14.2 Å². The molecule has 0 saturated carbocycles. The number of benzene rings is 1. The van der Waals surface area contributed by atoms with Crippen LogP contribution in [0, 0.1) is 0 Å². The predicted octanol–water partition coefficient (Wildman–Crippen LogP) is 3.21. The van der Waals surface area contributed by atoms with Crippen molar-refractivity contribution in [3.8, 4) is 0 Å². The summed E-state index contributed by atoms with van der Waals surface area (Å²) >= 11 is 0. The van der Waals surface area contributed by atoms with E-state index in [1.54, 1.807) is 12.1 Å². The van der Waals surface area contributed by atoms with Gasteiger partial charge >= 0.3 is 0 Å². The Labute approximate surface area is 90.6 Å². The molecule has 0 amide bonds. The van der Waals surface area contributed by atoms with Gasteiger partial charge in [-0.25, -0.2) is 4.21 Å². The van der Waals surface area contributed by atoms with Crippen molar-refractivity contribution in [2.24, 2.45) is 0 Å². The summed E-state index contributed by atoms with van der Waals surface area (Å²) < 4.78 is 11.4. The molecule has 1 rings (SSSR count). The second-order valence-electron chi connectivity index (χ2n) is 4.37. The molecule has 1 nitrogen and oxygen atoms in total. The van der Waals surface area contributed by atoms with Crippen LogP contribution in [0.2, 0.25) is 0 Å². The van der Waals surface area contributed by atoms with E-state index >= 15 is 0 Å². The highest BCUT2D eigenvalue weighted by Crippen LogP contribution is 2.24. The van der Waals surface area contributed by atoms with Crippen LogP contribution >= 0.6 is 10.7 Å². The molecular formula is C11H15ClOS. The first-order valence-corrected chi connectivity index (χ1v) is 6.94.